The normalized spacial score (nSPS) is 11.6. The van der Waals surface area contributed by atoms with Gasteiger partial charge in [-0.05, 0) is 31.3 Å². The molecule has 0 atom stereocenters. The van der Waals surface area contributed by atoms with Gasteiger partial charge in [0.05, 0.1) is 15.6 Å². The van der Waals surface area contributed by atoms with E-state index in [-0.39, 0.29) is 22.9 Å². The van der Waals surface area contributed by atoms with Crippen LogP contribution in [-0.4, -0.2) is 37.6 Å². The summed E-state index contributed by atoms with van der Waals surface area (Å²) in [7, 11) is -1.69. The lowest BCUT2D eigenvalue weighted by atomic mass is 10.2. The van der Waals surface area contributed by atoms with Gasteiger partial charge < -0.3 is 4.90 Å². The molecule has 0 aliphatic heterocycles. The van der Waals surface area contributed by atoms with Crippen LogP contribution in [0.15, 0.2) is 53.4 Å². The van der Waals surface area contributed by atoms with Gasteiger partial charge in [0.1, 0.15) is 0 Å². The van der Waals surface area contributed by atoms with Gasteiger partial charge in [0, 0.05) is 29.7 Å². The molecular weight excluding hydrogens is 352 g/mol. The zero-order valence-electron chi connectivity index (χ0n) is 13.1. The highest BCUT2D eigenvalue weighted by atomic mass is 35.5. The first-order valence-electron chi connectivity index (χ1n) is 7.19. The van der Waals surface area contributed by atoms with Crippen LogP contribution in [0, 0.1) is 10.1 Å². The summed E-state index contributed by atoms with van der Waals surface area (Å²) >= 11 is 5.76. The van der Waals surface area contributed by atoms with Crippen molar-refractivity contribution in [3.63, 3.8) is 0 Å². The molecule has 8 heteroatoms. The van der Waals surface area contributed by atoms with E-state index in [4.69, 9.17) is 11.6 Å². The van der Waals surface area contributed by atoms with Gasteiger partial charge in [-0.3, -0.25) is 10.1 Å². The molecule has 0 spiro atoms. The van der Waals surface area contributed by atoms with E-state index in [1.807, 2.05) is 0 Å². The van der Waals surface area contributed by atoms with Crippen molar-refractivity contribution in [2.75, 3.05) is 19.3 Å². The Hall–Kier alpha value is -1.96. The maximum Gasteiger partial charge on any atom is 0.273 e. The highest BCUT2D eigenvalue weighted by Crippen LogP contribution is 2.19. The van der Waals surface area contributed by atoms with E-state index in [2.05, 4.69) is 0 Å². The maximum absolute atomic E-state index is 12.3. The summed E-state index contributed by atoms with van der Waals surface area (Å²) in [6, 6.07) is 12.4. The Morgan fingerprint density at radius 1 is 1.12 bits per heavy atom. The van der Waals surface area contributed by atoms with Crippen molar-refractivity contribution in [1.29, 1.82) is 0 Å². The highest BCUT2D eigenvalue weighted by Gasteiger charge is 2.17. The minimum absolute atomic E-state index is 0.0323. The monoisotopic (exact) mass is 368 g/mol. The molecule has 6 nitrogen and oxygen atoms in total. The first-order valence-corrected chi connectivity index (χ1v) is 9.22. The minimum atomic E-state index is -3.43. The van der Waals surface area contributed by atoms with E-state index in [9.17, 15) is 18.5 Å². The third kappa shape index (κ3) is 4.77. The highest BCUT2D eigenvalue weighted by molar-refractivity contribution is 7.91. The smallest absolute Gasteiger partial charge is 0.273 e. The number of halogens is 1. The van der Waals surface area contributed by atoms with Crippen molar-refractivity contribution in [1.82, 2.24) is 4.90 Å². The van der Waals surface area contributed by atoms with Crippen molar-refractivity contribution in [2.24, 2.45) is 0 Å². The Labute approximate surface area is 145 Å². The van der Waals surface area contributed by atoms with Crippen molar-refractivity contribution in [2.45, 2.75) is 11.4 Å². The fourth-order valence-corrected chi connectivity index (χ4v) is 3.69. The van der Waals surface area contributed by atoms with Gasteiger partial charge in [-0.2, -0.15) is 0 Å². The third-order valence-electron chi connectivity index (χ3n) is 3.54. The van der Waals surface area contributed by atoms with Gasteiger partial charge in [0.25, 0.3) is 5.69 Å². The lowest BCUT2D eigenvalue weighted by molar-refractivity contribution is -0.385. The second-order valence-corrected chi connectivity index (χ2v) is 7.94. The van der Waals surface area contributed by atoms with Crippen LogP contribution >= 0.6 is 11.6 Å². The second kappa shape index (κ2) is 7.74. The summed E-state index contributed by atoms with van der Waals surface area (Å²) in [6.45, 7) is 0.560. The first kappa shape index (κ1) is 18.4. The second-order valence-electron chi connectivity index (χ2n) is 5.40. The largest absolute Gasteiger partial charge is 0.301 e. The molecule has 0 heterocycles. The Morgan fingerprint density at radius 3 is 2.38 bits per heavy atom. The van der Waals surface area contributed by atoms with Crippen LogP contribution in [0.4, 0.5) is 5.69 Å². The zero-order valence-corrected chi connectivity index (χ0v) is 14.6. The van der Waals surface area contributed by atoms with Crippen molar-refractivity contribution >= 4 is 27.1 Å². The quantitative estimate of drug-likeness (QED) is 0.554. The van der Waals surface area contributed by atoms with E-state index < -0.39 is 14.8 Å². The van der Waals surface area contributed by atoms with E-state index in [0.29, 0.717) is 17.1 Å². The molecule has 0 aliphatic carbocycles. The molecule has 0 aliphatic rings. The topological polar surface area (TPSA) is 80.5 Å². The number of para-hydroxylation sites is 1. The number of nitro benzene ring substituents is 1. The molecule has 24 heavy (non-hydrogen) atoms. The molecule has 128 valence electrons. The molecule has 0 radical (unpaired) electrons. The molecular formula is C16H17ClN2O4S. The first-order chi connectivity index (χ1) is 11.3. The van der Waals surface area contributed by atoms with E-state index in [1.54, 1.807) is 30.1 Å². The van der Waals surface area contributed by atoms with Crippen LogP contribution in [0.3, 0.4) is 0 Å². The Bertz CT molecular complexity index is 822. The molecule has 2 aromatic carbocycles. The fourth-order valence-electron chi connectivity index (χ4n) is 2.23. The van der Waals surface area contributed by atoms with Gasteiger partial charge in [-0.15, -0.1) is 0 Å². The number of sulfone groups is 1. The van der Waals surface area contributed by atoms with E-state index >= 15 is 0 Å². The molecule has 0 unspecified atom stereocenters. The van der Waals surface area contributed by atoms with E-state index in [0.717, 1.165) is 0 Å². The van der Waals surface area contributed by atoms with Gasteiger partial charge in [0.2, 0.25) is 0 Å². The van der Waals surface area contributed by atoms with Gasteiger partial charge in [-0.1, -0.05) is 29.8 Å². The van der Waals surface area contributed by atoms with Crippen molar-refractivity contribution in [3.05, 3.63) is 69.2 Å². The average Bonchev–Trinajstić information content (AvgIpc) is 2.54. The summed E-state index contributed by atoms with van der Waals surface area (Å²) in [4.78, 5) is 12.5. The number of nitro groups is 1. The van der Waals surface area contributed by atoms with Gasteiger partial charge >= 0.3 is 0 Å². The summed E-state index contributed by atoms with van der Waals surface area (Å²) in [5.74, 6) is -0.0776. The summed E-state index contributed by atoms with van der Waals surface area (Å²) < 4.78 is 24.6. The molecule has 0 bridgehead atoms. The van der Waals surface area contributed by atoms with Crippen LogP contribution in [0.2, 0.25) is 5.02 Å². The predicted molar refractivity (Wildman–Crippen MR) is 92.9 cm³/mol. The summed E-state index contributed by atoms with van der Waals surface area (Å²) in [5.41, 5.74) is 0.582. The van der Waals surface area contributed by atoms with Crippen LogP contribution in [0.5, 0.6) is 0 Å². The van der Waals surface area contributed by atoms with Crippen LogP contribution < -0.4 is 0 Å². The number of benzene rings is 2. The number of rotatable bonds is 7. The molecule has 0 aromatic heterocycles. The molecule has 2 aromatic rings. The average molecular weight is 369 g/mol. The van der Waals surface area contributed by atoms with Gasteiger partial charge in [-0.25, -0.2) is 8.42 Å². The Morgan fingerprint density at radius 2 is 1.75 bits per heavy atom. The van der Waals surface area contributed by atoms with Crippen LogP contribution in [-0.2, 0) is 16.4 Å². The third-order valence-corrected chi connectivity index (χ3v) is 5.51. The maximum atomic E-state index is 12.3. The van der Waals surface area contributed by atoms with Crippen molar-refractivity contribution < 1.29 is 13.3 Å². The van der Waals surface area contributed by atoms with Gasteiger partial charge in [0.15, 0.2) is 9.84 Å². The fraction of sp³-hybridized carbons (Fsp3) is 0.250. The molecule has 0 saturated carbocycles. The summed E-state index contributed by atoms with van der Waals surface area (Å²) in [5, 5.41) is 11.5. The standard InChI is InChI=1S/C16H17ClN2O4S/c1-18(12-13-4-2-3-5-16(13)19(20)21)10-11-24(22,23)15-8-6-14(17)7-9-15/h2-9H,10-12H2,1H3. The lowest BCUT2D eigenvalue weighted by Crippen LogP contribution is -2.25. The van der Waals surface area contributed by atoms with Crippen LogP contribution in [0.1, 0.15) is 5.56 Å². The summed E-state index contributed by atoms with van der Waals surface area (Å²) in [6.07, 6.45) is 0. The van der Waals surface area contributed by atoms with Crippen molar-refractivity contribution in [3.8, 4) is 0 Å². The lowest BCUT2D eigenvalue weighted by Gasteiger charge is -2.16. The molecule has 0 N–H and O–H groups in total. The number of hydrogen-bond acceptors (Lipinski definition) is 5. The number of hydrogen-bond donors (Lipinski definition) is 0. The zero-order chi connectivity index (χ0) is 17.7. The minimum Gasteiger partial charge on any atom is -0.301 e. The number of nitrogens with zero attached hydrogens (tertiary/aromatic N) is 2. The molecule has 2 rings (SSSR count). The molecule has 0 fully saturated rings. The molecule has 0 saturated heterocycles. The molecule has 0 amide bonds. The van der Waals surface area contributed by atoms with Crippen LogP contribution in [0.25, 0.3) is 0 Å². The Kier molecular flexibility index (Phi) is 5.93. The Balaban J connectivity index is 2.02. The predicted octanol–water partition coefficient (Wildman–Crippen LogP) is 3.15. The SMILES string of the molecule is CN(CCS(=O)(=O)c1ccc(Cl)cc1)Cc1ccccc1[N+](=O)[O-]. The van der Waals surface area contributed by atoms with E-state index in [1.165, 1.54) is 30.3 Å².